The zero-order valence-electron chi connectivity index (χ0n) is 13.5. The van der Waals surface area contributed by atoms with Gasteiger partial charge in [0, 0.05) is 7.11 Å². The Labute approximate surface area is 127 Å². The number of quaternary nitrogens is 1. The molecule has 21 heavy (non-hydrogen) atoms. The van der Waals surface area contributed by atoms with E-state index >= 15 is 0 Å². The Balaban J connectivity index is 1.94. The molecule has 0 aromatic rings. The molecule has 1 saturated heterocycles. The van der Waals surface area contributed by atoms with Crippen LogP contribution in [0.2, 0.25) is 0 Å². The van der Waals surface area contributed by atoms with Crippen molar-refractivity contribution in [3.63, 3.8) is 0 Å². The van der Waals surface area contributed by atoms with Crippen LogP contribution >= 0.6 is 0 Å². The van der Waals surface area contributed by atoms with Crippen LogP contribution in [0.3, 0.4) is 0 Å². The van der Waals surface area contributed by atoms with Crippen molar-refractivity contribution in [1.82, 2.24) is 4.90 Å². The molecule has 0 aromatic carbocycles. The molecule has 7 heteroatoms. The number of piperazine rings is 1. The number of amides is 1. The van der Waals surface area contributed by atoms with Crippen LogP contribution in [0.15, 0.2) is 0 Å². The molecule has 1 rings (SSSR count). The van der Waals surface area contributed by atoms with Crippen molar-refractivity contribution in [3.8, 4) is 0 Å². The second-order valence-corrected chi connectivity index (χ2v) is 5.70. The van der Waals surface area contributed by atoms with Crippen LogP contribution in [0, 0.1) is 0 Å². The van der Waals surface area contributed by atoms with Crippen molar-refractivity contribution in [2.24, 2.45) is 0 Å². The van der Waals surface area contributed by atoms with E-state index in [-0.39, 0.29) is 12.7 Å². The summed E-state index contributed by atoms with van der Waals surface area (Å²) in [5.41, 5.74) is 0. The highest BCUT2D eigenvalue weighted by molar-refractivity contribution is 5.67. The minimum atomic E-state index is -0.241. The topological polar surface area (TPSA) is 57.2 Å². The Kier molecular flexibility index (Phi) is 8.60. The molecule has 0 atom stereocenters. The van der Waals surface area contributed by atoms with E-state index in [1.165, 1.54) is 0 Å². The van der Waals surface area contributed by atoms with Gasteiger partial charge in [-0.3, -0.25) is 4.90 Å². The van der Waals surface area contributed by atoms with E-state index in [1.807, 2.05) is 0 Å². The average Bonchev–Trinajstić information content (AvgIpc) is 2.45. The van der Waals surface area contributed by atoms with Crippen LogP contribution < -0.4 is 0 Å². The summed E-state index contributed by atoms with van der Waals surface area (Å²) in [5.74, 6) is 0. The van der Waals surface area contributed by atoms with Crippen LogP contribution in [-0.2, 0) is 18.9 Å². The second-order valence-electron chi connectivity index (χ2n) is 5.70. The van der Waals surface area contributed by atoms with Crippen LogP contribution in [-0.4, -0.2) is 103 Å². The van der Waals surface area contributed by atoms with E-state index in [4.69, 9.17) is 18.9 Å². The molecule has 0 aliphatic carbocycles. The molecule has 0 N–H and O–H groups in total. The molecule has 0 aromatic heterocycles. The molecule has 1 heterocycles. The van der Waals surface area contributed by atoms with Crippen LogP contribution in [0.4, 0.5) is 4.79 Å². The van der Waals surface area contributed by atoms with Crippen LogP contribution in [0.25, 0.3) is 0 Å². The van der Waals surface area contributed by atoms with E-state index in [9.17, 15) is 4.79 Å². The van der Waals surface area contributed by atoms with Gasteiger partial charge in [0.05, 0.1) is 73.3 Å². The van der Waals surface area contributed by atoms with E-state index in [0.29, 0.717) is 33.0 Å². The Hall–Kier alpha value is -0.890. The monoisotopic (exact) mass is 305 g/mol. The fraction of sp³-hybridized carbons (Fsp3) is 0.929. The molecule has 124 valence electrons. The van der Waals surface area contributed by atoms with Crippen molar-refractivity contribution < 1.29 is 28.2 Å². The average molecular weight is 305 g/mol. The maximum Gasteiger partial charge on any atom is 0.410 e. The quantitative estimate of drug-likeness (QED) is 0.450. The molecule has 1 fully saturated rings. The fourth-order valence-corrected chi connectivity index (χ4v) is 1.93. The van der Waals surface area contributed by atoms with Gasteiger partial charge in [-0.25, -0.2) is 4.79 Å². The van der Waals surface area contributed by atoms with Gasteiger partial charge in [-0.05, 0) is 0 Å². The lowest BCUT2D eigenvalue weighted by atomic mass is 10.3. The van der Waals surface area contributed by atoms with Gasteiger partial charge >= 0.3 is 6.09 Å². The van der Waals surface area contributed by atoms with Crippen molar-refractivity contribution in [1.29, 1.82) is 0 Å². The van der Waals surface area contributed by atoms with Crippen molar-refractivity contribution in [3.05, 3.63) is 0 Å². The molecule has 1 amide bonds. The third kappa shape index (κ3) is 8.21. The third-order valence-corrected chi connectivity index (χ3v) is 3.47. The number of likely N-dealkylation sites (N-methyl/N-ethyl adjacent to an activating group) is 1. The Morgan fingerprint density at radius 3 is 2.05 bits per heavy atom. The predicted octanol–water partition coefficient (Wildman–Crippen LogP) is 0.195. The summed E-state index contributed by atoms with van der Waals surface area (Å²) in [5, 5.41) is 0. The SMILES string of the molecule is COCCOCCOCCOC(=O)N1CC[N+](C)(C)CC1. The molecule has 0 saturated carbocycles. The summed E-state index contributed by atoms with van der Waals surface area (Å²) in [6, 6.07) is 0. The van der Waals surface area contributed by atoms with Gasteiger partial charge in [0.1, 0.15) is 6.61 Å². The normalized spacial score (nSPS) is 17.8. The first-order valence-electron chi connectivity index (χ1n) is 7.43. The molecule has 1 aliphatic heterocycles. The van der Waals surface area contributed by atoms with Crippen LogP contribution in [0.5, 0.6) is 0 Å². The minimum Gasteiger partial charge on any atom is -0.447 e. The number of hydrogen-bond donors (Lipinski definition) is 0. The standard InChI is InChI=1S/C14H29N2O5/c1-16(2)6-4-15(5-7-16)14(17)21-13-12-20-11-10-19-9-8-18-3/h4-13H2,1-3H3/q+1. The number of rotatable bonds is 9. The lowest BCUT2D eigenvalue weighted by Gasteiger charge is -2.38. The van der Waals surface area contributed by atoms with Crippen molar-refractivity contribution >= 4 is 6.09 Å². The van der Waals surface area contributed by atoms with Gasteiger partial charge in [-0.15, -0.1) is 0 Å². The fourth-order valence-electron chi connectivity index (χ4n) is 1.93. The van der Waals surface area contributed by atoms with Gasteiger partial charge in [0.2, 0.25) is 0 Å². The molecule has 0 spiro atoms. The summed E-state index contributed by atoms with van der Waals surface area (Å²) in [4.78, 5) is 13.6. The molecular formula is C14H29N2O5+. The molecular weight excluding hydrogens is 276 g/mol. The maximum absolute atomic E-state index is 11.8. The zero-order valence-corrected chi connectivity index (χ0v) is 13.5. The summed E-state index contributed by atoms with van der Waals surface area (Å²) >= 11 is 0. The smallest absolute Gasteiger partial charge is 0.410 e. The number of hydrogen-bond acceptors (Lipinski definition) is 5. The highest BCUT2D eigenvalue weighted by Gasteiger charge is 2.27. The molecule has 1 aliphatic rings. The number of carbonyl (C=O) groups is 1. The largest absolute Gasteiger partial charge is 0.447 e. The van der Waals surface area contributed by atoms with Crippen molar-refractivity contribution in [2.75, 3.05) is 87.0 Å². The Morgan fingerprint density at radius 1 is 0.952 bits per heavy atom. The summed E-state index contributed by atoms with van der Waals surface area (Å²) in [6.45, 7) is 6.28. The zero-order chi connectivity index (χ0) is 15.6. The van der Waals surface area contributed by atoms with Gasteiger partial charge in [0.15, 0.2) is 0 Å². The highest BCUT2D eigenvalue weighted by Crippen LogP contribution is 2.07. The van der Waals surface area contributed by atoms with Crippen LogP contribution in [0.1, 0.15) is 0 Å². The third-order valence-electron chi connectivity index (χ3n) is 3.47. The second kappa shape index (κ2) is 9.94. The number of carbonyl (C=O) groups excluding carboxylic acids is 1. The van der Waals surface area contributed by atoms with E-state index in [1.54, 1.807) is 12.0 Å². The Bertz CT molecular complexity index is 289. The van der Waals surface area contributed by atoms with E-state index in [0.717, 1.165) is 30.7 Å². The molecule has 0 unspecified atom stereocenters. The summed E-state index contributed by atoms with van der Waals surface area (Å²) in [7, 11) is 5.98. The minimum absolute atomic E-state index is 0.241. The lowest BCUT2D eigenvalue weighted by Crippen LogP contribution is -2.56. The van der Waals surface area contributed by atoms with E-state index < -0.39 is 0 Å². The maximum atomic E-state index is 11.8. The van der Waals surface area contributed by atoms with Gasteiger partial charge in [-0.2, -0.15) is 0 Å². The first kappa shape index (κ1) is 18.2. The first-order valence-corrected chi connectivity index (χ1v) is 7.43. The lowest BCUT2D eigenvalue weighted by molar-refractivity contribution is -0.894. The van der Waals surface area contributed by atoms with E-state index in [2.05, 4.69) is 14.1 Å². The summed E-state index contributed by atoms with van der Waals surface area (Å²) < 4.78 is 21.6. The predicted molar refractivity (Wildman–Crippen MR) is 78.3 cm³/mol. The number of methoxy groups -OCH3 is 1. The van der Waals surface area contributed by atoms with Gasteiger partial charge in [0.25, 0.3) is 0 Å². The number of nitrogens with zero attached hydrogens (tertiary/aromatic N) is 2. The van der Waals surface area contributed by atoms with Gasteiger partial charge < -0.3 is 23.4 Å². The number of ether oxygens (including phenoxy) is 4. The summed E-state index contributed by atoms with van der Waals surface area (Å²) in [6.07, 6.45) is -0.241. The first-order chi connectivity index (χ1) is 10.0. The van der Waals surface area contributed by atoms with Gasteiger partial charge in [-0.1, -0.05) is 0 Å². The molecule has 0 bridgehead atoms. The Morgan fingerprint density at radius 2 is 1.48 bits per heavy atom. The highest BCUT2D eigenvalue weighted by atomic mass is 16.6. The molecule has 0 radical (unpaired) electrons. The van der Waals surface area contributed by atoms with Crippen molar-refractivity contribution in [2.45, 2.75) is 0 Å². The molecule has 7 nitrogen and oxygen atoms in total.